The number of benzene rings is 1. The summed E-state index contributed by atoms with van der Waals surface area (Å²) in [5.74, 6) is -1.27. The van der Waals surface area contributed by atoms with E-state index in [1.165, 1.54) is 11.3 Å². The third kappa shape index (κ3) is 4.43. The normalized spacial score (nSPS) is 11.9. The molecule has 0 atom stereocenters. The van der Waals surface area contributed by atoms with Crippen LogP contribution in [0.25, 0.3) is 10.6 Å². The summed E-state index contributed by atoms with van der Waals surface area (Å²) in [5.41, 5.74) is 0.114. The Bertz CT molecular complexity index is 638. The van der Waals surface area contributed by atoms with E-state index in [1.54, 1.807) is 0 Å². The zero-order valence-corrected chi connectivity index (χ0v) is 13.6. The van der Waals surface area contributed by atoms with Gasteiger partial charge in [-0.2, -0.15) is 0 Å². The average Bonchev–Trinajstić information content (AvgIpc) is 2.81. The zero-order valence-electron chi connectivity index (χ0n) is 12.0. The van der Waals surface area contributed by atoms with Crippen molar-refractivity contribution >= 4 is 22.9 Å². The predicted molar refractivity (Wildman–Crippen MR) is 81.7 cm³/mol. The summed E-state index contributed by atoms with van der Waals surface area (Å²) in [5, 5.41) is 12.2. The lowest BCUT2D eigenvalue weighted by molar-refractivity contribution is 0.429. The molecule has 0 saturated carbocycles. The fraction of sp³-hybridized carbons (Fsp3) is 0.429. The van der Waals surface area contributed by atoms with E-state index in [9.17, 15) is 8.78 Å². The Hall–Kier alpha value is -1.11. The van der Waals surface area contributed by atoms with E-state index in [4.69, 9.17) is 11.6 Å². The van der Waals surface area contributed by atoms with Crippen molar-refractivity contribution in [3.05, 3.63) is 33.8 Å². The maximum Gasteiger partial charge on any atom is 0.150 e. The van der Waals surface area contributed by atoms with Gasteiger partial charge < -0.3 is 5.32 Å². The molecular formula is C14H16ClF2N3S. The van der Waals surface area contributed by atoms with Gasteiger partial charge in [-0.1, -0.05) is 22.9 Å². The maximum absolute atomic E-state index is 13.8. The van der Waals surface area contributed by atoms with Crippen LogP contribution in [0.5, 0.6) is 0 Å². The lowest BCUT2D eigenvalue weighted by atomic mass is 10.1. The van der Waals surface area contributed by atoms with Crippen molar-refractivity contribution in [2.24, 2.45) is 0 Å². The van der Waals surface area contributed by atoms with Crippen LogP contribution in [0, 0.1) is 11.6 Å². The molecule has 0 aliphatic carbocycles. The van der Waals surface area contributed by atoms with Crippen LogP contribution < -0.4 is 5.32 Å². The number of halogens is 3. The average molecular weight is 332 g/mol. The number of nitrogens with one attached hydrogen (secondary N) is 1. The van der Waals surface area contributed by atoms with Gasteiger partial charge in [0.15, 0.2) is 5.01 Å². The predicted octanol–water partition coefficient (Wildman–Crippen LogP) is 4.07. The fourth-order valence-corrected chi connectivity index (χ4v) is 2.70. The first-order valence-corrected chi connectivity index (χ1v) is 7.68. The summed E-state index contributed by atoms with van der Waals surface area (Å²) in [6.45, 7) is 6.97. The lowest BCUT2D eigenvalue weighted by Gasteiger charge is -2.19. The van der Waals surface area contributed by atoms with Gasteiger partial charge in [-0.15, -0.1) is 10.2 Å². The highest BCUT2D eigenvalue weighted by atomic mass is 35.5. The highest BCUT2D eigenvalue weighted by Crippen LogP contribution is 2.29. The third-order valence-corrected chi connectivity index (χ3v) is 4.01. The van der Waals surface area contributed by atoms with Gasteiger partial charge in [0.25, 0.3) is 0 Å². The van der Waals surface area contributed by atoms with Crippen molar-refractivity contribution in [3.63, 3.8) is 0 Å². The molecule has 0 radical (unpaired) electrons. The lowest BCUT2D eigenvalue weighted by Crippen LogP contribution is -2.37. The summed E-state index contributed by atoms with van der Waals surface area (Å²) in [7, 11) is 0. The SMILES string of the molecule is CC(C)(C)NCCc1nnc(-c2cc(F)c(Cl)cc2F)s1. The van der Waals surface area contributed by atoms with Gasteiger partial charge in [-0.25, -0.2) is 8.78 Å². The van der Waals surface area contributed by atoms with Gasteiger partial charge >= 0.3 is 0 Å². The molecule has 7 heteroatoms. The van der Waals surface area contributed by atoms with Crippen molar-refractivity contribution in [3.8, 4) is 10.6 Å². The van der Waals surface area contributed by atoms with Crippen LogP contribution in [-0.2, 0) is 6.42 Å². The van der Waals surface area contributed by atoms with Gasteiger partial charge in [0, 0.05) is 18.5 Å². The Labute approximate surface area is 131 Å². The van der Waals surface area contributed by atoms with Crippen molar-refractivity contribution in [2.75, 3.05) is 6.54 Å². The van der Waals surface area contributed by atoms with Crippen LogP contribution in [0.3, 0.4) is 0 Å². The molecule has 0 aliphatic rings. The third-order valence-electron chi connectivity index (χ3n) is 2.70. The summed E-state index contributed by atoms with van der Waals surface area (Å²) >= 11 is 6.79. The molecule has 114 valence electrons. The fourth-order valence-electron chi connectivity index (χ4n) is 1.69. The highest BCUT2D eigenvalue weighted by molar-refractivity contribution is 7.14. The molecule has 0 bridgehead atoms. The number of rotatable bonds is 4. The Balaban J connectivity index is 2.11. The smallest absolute Gasteiger partial charge is 0.150 e. The van der Waals surface area contributed by atoms with Crippen LogP contribution >= 0.6 is 22.9 Å². The Morgan fingerprint density at radius 3 is 2.57 bits per heavy atom. The van der Waals surface area contributed by atoms with Crippen molar-refractivity contribution in [1.29, 1.82) is 0 Å². The van der Waals surface area contributed by atoms with Crippen molar-refractivity contribution < 1.29 is 8.78 Å². The van der Waals surface area contributed by atoms with E-state index in [0.717, 1.165) is 23.7 Å². The standard InChI is InChI=1S/C14H16ClF2N3S/c1-14(2,3)18-5-4-12-19-20-13(21-12)8-6-11(17)9(15)7-10(8)16/h6-7,18H,4-5H2,1-3H3. The van der Waals surface area contributed by atoms with E-state index in [0.29, 0.717) is 11.4 Å². The van der Waals surface area contributed by atoms with Gasteiger partial charge in [0.1, 0.15) is 16.6 Å². The molecule has 1 aromatic heterocycles. The molecule has 0 amide bonds. The topological polar surface area (TPSA) is 37.8 Å². The first kappa shape index (κ1) is 16.3. The number of aromatic nitrogens is 2. The van der Waals surface area contributed by atoms with E-state index < -0.39 is 11.6 Å². The van der Waals surface area contributed by atoms with Gasteiger partial charge in [0.2, 0.25) is 0 Å². The van der Waals surface area contributed by atoms with Crippen molar-refractivity contribution in [2.45, 2.75) is 32.7 Å². The molecule has 3 nitrogen and oxygen atoms in total. The second kappa shape index (κ2) is 6.34. The van der Waals surface area contributed by atoms with Crippen molar-refractivity contribution in [1.82, 2.24) is 15.5 Å². The molecule has 21 heavy (non-hydrogen) atoms. The quantitative estimate of drug-likeness (QED) is 0.858. The second-order valence-electron chi connectivity index (χ2n) is 5.67. The van der Waals surface area contributed by atoms with E-state index in [2.05, 4.69) is 36.3 Å². The molecule has 2 aromatic rings. The Morgan fingerprint density at radius 1 is 1.19 bits per heavy atom. The summed E-state index contributed by atoms with van der Waals surface area (Å²) in [6, 6.07) is 2.00. The molecule has 1 aromatic carbocycles. The molecule has 1 N–H and O–H groups in total. The van der Waals surface area contributed by atoms with Crippen LogP contribution in [0.4, 0.5) is 8.78 Å². The maximum atomic E-state index is 13.8. The van der Waals surface area contributed by atoms with E-state index in [1.807, 2.05) is 0 Å². The number of nitrogens with zero attached hydrogens (tertiary/aromatic N) is 2. The largest absolute Gasteiger partial charge is 0.312 e. The molecule has 0 fully saturated rings. The number of hydrogen-bond acceptors (Lipinski definition) is 4. The van der Waals surface area contributed by atoms with E-state index in [-0.39, 0.29) is 16.1 Å². The summed E-state index contributed by atoms with van der Waals surface area (Å²) in [4.78, 5) is 0. The molecule has 0 aliphatic heterocycles. The monoisotopic (exact) mass is 331 g/mol. The second-order valence-corrected chi connectivity index (χ2v) is 7.14. The van der Waals surface area contributed by atoms with Crippen LogP contribution in [0.2, 0.25) is 5.02 Å². The number of hydrogen-bond donors (Lipinski definition) is 1. The van der Waals surface area contributed by atoms with Gasteiger partial charge in [0.05, 0.1) is 10.6 Å². The Morgan fingerprint density at radius 2 is 1.90 bits per heavy atom. The zero-order chi connectivity index (χ0) is 15.6. The van der Waals surface area contributed by atoms with Gasteiger partial charge in [-0.3, -0.25) is 0 Å². The minimum atomic E-state index is -0.667. The summed E-state index contributed by atoms with van der Waals surface area (Å²) in [6.07, 6.45) is 0.687. The Kier molecular flexibility index (Phi) is 4.91. The van der Waals surface area contributed by atoms with Crippen LogP contribution in [0.15, 0.2) is 12.1 Å². The summed E-state index contributed by atoms with van der Waals surface area (Å²) < 4.78 is 27.2. The highest BCUT2D eigenvalue weighted by Gasteiger charge is 2.15. The molecular weight excluding hydrogens is 316 g/mol. The molecule has 2 rings (SSSR count). The minimum Gasteiger partial charge on any atom is -0.312 e. The minimum absolute atomic E-state index is 0.0267. The first-order valence-electron chi connectivity index (χ1n) is 6.48. The van der Waals surface area contributed by atoms with Gasteiger partial charge in [-0.05, 0) is 32.9 Å². The first-order chi connectivity index (χ1) is 9.76. The molecule has 0 spiro atoms. The van der Waals surface area contributed by atoms with Crippen LogP contribution in [-0.4, -0.2) is 22.3 Å². The molecule has 0 saturated heterocycles. The molecule has 1 heterocycles. The van der Waals surface area contributed by atoms with Crippen LogP contribution in [0.1, 0.15) is 25.8 Å². The van der Waals surface area contributed by atoms with E-state index >= 15 is 0 Å². The molecule has 0 unspecified atom stereocenters.